The number of carbonyl (C=O) groups excluding carboxylic acids is 1. The van der Waals surface area contributed by atoms with E-state index in [1.807, 2.05) is 37.3 Å². The zero-order valence-corrected chi connectivity index (χ0v) is 10.7. The van der Waals surface area contributed by atoms with Crippen molar-refractivity contribution in [2.45, 2.75) is 19.5 Å². The summed E-state index contributed by atoms with van der Waals surface area (Å²) in [5.41, 5.74) is 1.84. The van der Waals surface area contributed by atoms with Gasteiger partial charge in [0.05, 0.1) is 18.3 Å². The molecule has 2 N–H and O–H groups in total. The Bertz CT molecular complexity index is 515. The maximum absolute atomic E-state index is 11.7. The second-order valence-corrected chi connectivity index (χ2v) is 4.15. The van der Waals surface area contributed by atoms with E-state index < -0.39 is 0 Å². The molecule has 0 aliphatic heterocycles. The quantitative estimate of drug-likeness (QED) is 0.879. The number of pyridine rings is 2. The largest absolute Gasteiger partial charge is 0.332 e. The van der Waals surface area contributed by atoms with Crippen molar-refractivity contribution in [2.24, 2.45) is 0 Å². The summed E-state index contributed by atoms with van der Waals surface area (Å²) in [6, 6.07) is 9.08. The summed E-state index contributed by atoms with van der Waals surface area (Å²) in [6.07, 6.45) is 5.12. The fourth-order valence-corrected chi connectivity index (χ4v) is 1.66. The van der Waals surface area contributed by atoms with Crippen LogP contribution in [-0.2, 0) is 6.54 Å². The fraction of sp³-hybridized carbons (Fsp3) is 0.214. The Labute approximate surface area is 112 Å². The number of nitrogens with one attached hydrogen (secondary N) is 2. The molecule has 0 bridgehead atoms. The molecule has 19 heavy (non-hydrogen) atoms. The number of nitrogens with zero attached hydrogens (tertiary/aromatic N) is 2. The highest BCUT2D eigenvalue weighted by molar-refractivity contribution is 5.74. The van der Waals surface area contributed by atoms with Gasteiger partial charge in [-0.3, -0.25) is 9.97 Å². The molecule has 2 aromatic rings. The number of rotatable bonds is 4. The van der Waals surface area contributed by atoms with E-state index in [2.05, 4.69) is 20.6 Å². The van der Waals surface area contributed by atoms with Crippen LogP contribution in [0.15, 0.2) is 48.9 Å². The van der Waals surface area contributed by atoms with E-state index in [1.54, 1.807) is 18.6 Å². The average Bonchev–Trinajstić information content (AvgIpc) is 2.47. The number of hydrogen-bond acceptors (Lipinski definition) is 3. The van der Waals surface area contributed by atoms with Gasteiger partial charge in [-0.25, -0.2) is 4.79 Å². The van der Waals surface area contributed by atoms with Crippen molar-refractivity contribution >= 4 is 6.03 Å². The first kappa shape index (κ1) is 13.0. The monoisotopic (exact) mass is 256 g/mol. The molecule has 5 nitrogen and oxygen atoms in total. The van der Waals surface area contributed by atoms with Gasteiger partial charge in [0, 0.05) is 18.6 Å². The lowest BCUT2D eigenvalue weighted by molar-refractivity contribution is 0.237. The van der Waals surface area contributed by atoms with Gasteiger partial charge < -0.3 is 10.6 Å². The second kappa shape index (κ2) is 6.49. The highest BCUT2D eigenvalue weighted by Crippen LogP contribution is 2.09. The van der Waals surface area contributed by atoms with E-state index in [1.165, 1.54) is 0 Å². The van der Waals surface area contributed by atoms with Crippen molar-refractivity contribution < 1.29 is 4.79 Å². The van der Waals surface area contributed by atoms with Crippen LogP contribution >= 0.6 is 0 Å². The molecule has 0 saturated heterocycles. The van der Waals surface area contributed by atoms with Gasteiger partial charge in [0.25, 0.3) is 0 Å². The van der Waals surface area contributed by atoms with Gasteiger partial charge in [0.15, 0.2) is 0 Å². The summed E-state index contributed by atoms with van der Waals surface area (Å²) >= 11 is 0. The van der Waals surface area contributed by atoms with E-state index in [-0.39, 0.29) is 12.1 Å². The molecule has 98 valence electrons. The van der Waals surface area contributed by atoms with Gasteiger partial charge in [0.1, 0.15) is 0 Å². The average molecular weight is 256 g/mol. The van der Waals surface area contributed by atoms with Crippen molar-refractivity contribution in [2.75, 3.05) is 0 Å². The van der Waals surface area contributed by atoms with Crippen LogP contribution in [0, 0.1) is 0 Å². The van der Waals surface area contributed by atoms with Gasteiger partial charge in [-0.2, -0.15) is 0 Å². The maximum Gasteiger partial charge on any atom is 0.315 e. The third-order valence-electron chi connectivity index (χ3n) is 2.71. The summed E-state index contributed by atoms with van der Waals surface area (Å²) in [4.78, 5) is 19.8. The molecular formula is C14H16N4O. The van der Waals surface area contributed by atoms with Crippen molar-refractivity contribution in [1.82, 2.24) is 20.6 Å². The summed E-state index contributed by atoms with van der Waals surface area (Å²) in [7, 11) is 0. The Hall–Kier alpha value is -2.43. The Morgan fingerprint density at radius 2 is 2.00 bits per heavy atom. The number of aromatic nitrogens is 2. The van der Waals surface area contributed by atoms with E-state index in [9.17, 15) is 4.79 Å². The Balaban J connectivity index is 1.82. The van der Waals surface area contributed by atoms with Crippen molar-refractivity contribution in [3.8, 4) is 0 Å². The van der Waals surface area contributed by atoms with Crippen LogP contribution in [0.2, 0.25) is 0 Å². The number of amides is 2. The summed E-state index contributed by atoms with van der Waals surface area (Å²) in [5, 5.41) is 5.63. The fourth-order valence-electron chi connectivity index (χ4n) is 1.66. The Kier molecular flexibility index (Phi) is 4.44. The molecular weight excluding hydrogens is 240 g/mol. The third kappa shape index (κ3) is 4.06. The molecule has 0 spiro atoms. The molecule has 1 unspecified atom stereocenters. The zero-order valence-electron chi connectivity index (χ0n) is 10.7. The number of hydrogen-bond donors (Lipinski definition) is 2. The van der Waals surface area contributed by atoms with E-state index in [4.69, 9.17) is 0 Å². The zero-order chi connectivity index (χ0) is 13.5. The second-order valence-electron chi connectivity index (χ2n) is 4.15. The minimum Gasteiger partial charge on any atom is -0.332 e. The van der Waals surface area contributed by atoms with Crippen LogP contribution in [0.1, 0.15) is 24.2 Å². The van der Waals surface area contributed by atoms with Crippen LogP contribution in [0.25, 0.3) is 0 Å². The van der Waals surface area contributed by atoms with Crippen LogP contribution in [-0.4, -0.2) is 16.0 Å². The molecule has 2 rings (SSSR count). The molecule has 0 radical (unpaired) electrons. The highest BCUT2D eigenvalue weighted by Gasteiger charge is 2.08. The predicted molar refractivity (Wildman–Crippen MR) is 72.3 cm³/mol. The lowest BCUT2D eigenvalue weighted by atomic mass is 10.1. The number of urea groups is 1. The molecule has 2 amide bonds. The van der Waals surface area contributed by atoms with Crippen molar-refractivity contribution in [3.63, 3.8) is 0 Å². The molecule has 0 aliphatic rings. The van der Waals surface area contributed by atoms with Crippen LogP contribution in [0.5, 0.6) is 0 Å². The molecule has 0 fully saturated rings. The minimum absolute atomic E-state index is 0.0632. The van der Waals surface area contributed by atoms with Gasteiger partial charge in [-0.05, 0) is 36.8 Å². The lowest BCUT2D eigenvalue weighted by Gasteiger charge is -2.14. The molecule has 0 aliphatic carbocycles. The first-order valence-electron chi connectivity index (χ1n) is 6.10. The Morgan fingerprint density at radius 3 is 2.68 bits per heavy atom. The Morgan fingerprint density at radius 1 is 1.21 bits per heavy atom. The molecule has 2 heterocycles. The van der Waals surface area contributed by atoms with Gasteiger partial charge >= 0.3 is 6.03 Å². The highest BCUT2D eigenvalue weighted by atomic mass is 16.2. The van der Waals surface area contributed by atoms with E-state index in [0.29, 0.717) is 6.54 Å². The smallest absolute Gasteiger partial charge is 0.315 e. The summed E-state index contributed by atoms with van der Waals surface area (Å²) in [5.74, 6) is 0. The molecule has 1 atom stereocenters. The van der Waals surface area contributed by atoms with Gasteiger partial charge in [-0.1, -0.05) is 6.07 Å². The van der Waals surface area contributed by atoms with Crippen LogP contribution in [0.4, 0.5) is 4.79 Å². The van der Waals surface area contributed by atoms with Crippen LogP contribution < -0.4 is 10.6 Å². The van der Waals surface area contributed by atoms with E-state index >= 15 is 0 Å². The van der Waals surface area contributed by atoms with Gasteiger partial charge in [-0.15, -0.1) is 0 Å². The number of carbonyl (C=O) groups is 1. The predicted octanol–water partition coefficient (Wildman–Crippen LogP) is 2.04. The van der Waals surface area contributed by atoms with Crippen molar-refractivity contribution in [3.05, 3.63) is 60.2 Å². The topological polar surface area (TPSA) is 66.9 Å². The minimum atomic E-state index is -0.213. The standard InChI is InChI=1S/C14H16N4O/c1-11(12-5-8-15-9-6-12)18-14(19)17-10-13-4-2-3-7-16-13/h2-9,11H,10H2,1H3,(H2,17,18,19). The van der Waals surface area contributed by atoms with Crippen LogP contribution in [0.3, 0.4) is 0 Å². The first-order chi connectivity index (χ1) is 9.25. The summed E-state index contributed by atoms with van der Waals surface area (Å²) in [6.45, 7) is 2.34. The third-order valence-corrected chi connectivity index (χ3v) is 2.71. The molecule has 0 aromatic carbocycles. The van der Waals surface area contributed by atoms with Crippen molar-refractivity contribution in [1.29, 1.82) is 0 Å². The SMILES string of the molecule is CC(NC(=O)NCc1ccccn1)c1ccncc1. The molecule has 2 aromatic heterocycles. The summed E-state index contributed by atoms with van der Waals surface area (Å²) < 4.78 is 0. The normalized spacial score (nSPS) is 11.6. The molecule has 5 heteroatoms. The van der Waals surface area contributed by atoms with E-state index in [0.717, 1.165) is 11.3 Å². The lowest BCUT2D eigenvalue weighted by Crippen LogP contribution is -2.36. The maximum atomic E-state index is 11.7. The van der Waals surface area contributed by atoms with Gasteiger partial charge in [0.2, 0.25) is 0 Å². The first-order valence-corrected chi connectivity index (χ1v) is 6.10. The molecule has 0 saturated carbocycles.